The number of aliphatic imine (C=N–C) groups is 1. The summed E-state index contributed by atoms with van der Waals surface area (Å²) in [5, 5.41) is 0. The van der Waals surface area contributed by atoms with E-state index in [4.69, 9.17) is 0 Å². The molecule has 1 aromatic carbocycles. The van der Waals surface area contributed by atoms with Crippen LogP contribution in [0.2, 0.25) is 0 Å². The van der Waals surface area contributed by atoms with Gasteiger partial charge in [0.05, 0.1) is 12.0 Å². The van der Waals surface area contributed by atoms with Crippen molar-refractivity contribution in [2.75, 3.05) is 13.6 Å². The second-order valence-electron chi connectivity index (χ2n) is 4.31. The van der Waals surface area contributed by atoms with E-state index in [1.165, 1.54) is 16.7 Å². The summed E-state index contributed by atoms with van der Waals surface area (Å²) < 4.78 is 0. The zero-order valence-electron chi connectivity index (χ0n) is 11.5. The average Bonchev–Trinajstić information content (AvgIpc) is 2.31. The molecule has 92 valence electrons. The molecule has 0 aromatic heterocycles. The van der Waals surface area contributed by atoms with Crippen molar-refractivity contribution in [3.63, 3.8) is 0 Å². The van der Waals surface area contributed by atoms with Gasteiger partial charge in [-0.3, -0.25) is 0 Å². The van der Waals surface area contributed by atoms with E-state index in [0.29, 0.717) is 0 Å². The molecule has 0 saturated carbocycles. The number of hydrogen-bond acceptors (Lipinski definition) is 1. The van der Waals surface area contributed by atoms with E-state index < -0.39 is 0 Å². The van der Waals surface area contributed by atoms with Crippen molar-refractivity contribution in [1.82, 2.24) is 4.90 Å². The summed E-state index contributed by atoms with van der Waals surface area (Å²) in [6.07, 6.45) is 6.08. The molecule has 0 amide bonds. The molecule has 0 atom stereocenters. The molecule has 2 heteroatoms. The van der Waals surface area contributed by atoms with E-state index >= 15 is 0 Å². The van der Waals surface area contributed by atoms with Gasteiger partial charge in [-0.25, -0.2) is 4.99 Å². The van der Waals surface area contributed by atoms with Gasteiger partial charge < -0.3 is 4.90 Å². The normalized spacial score (nSPS) is 11.6. The van der Waals surface area contributed by atoms with Crippen molar-refractivity contribution in [3.8, 4) is 0 Å². The molecule has 0 heterocycles. The van der Waals surface area contributed by atoms with Crippen molar-refractivity contribution in [2.45, 2.75) is 27.7 Å². The third-order valence-corrected chi connectivity index (χ3v) is 2.82. The summed E-state index contributed by atoms with van der Waals surface area (Å²) in [5.74, 6) is 0. The third kappa shape index (κ3) is 3.74. The van der Waals surface area contributed by atoms with Crippen molar-refractivity contribution >= 4 is 18.1 Å². The summed E-state index contributed by atoms with van der Waals surface area (Å²) >= 11 is 0. The maximum atomic E-state index is 4.52. The fraction of sp³-hybridized carbons (Fsp3) is 0.400. The molecule has 0 bridgehead atoms. The van der Waals surface area contributed by atoms with E-state index in [2.05, 4.69) is 54.9 Å². The van der Waals surface area contributed by atoms with Crippen LogP contribution in [0, 0.1) is 13.8 Å². The van der Waals surface area contributed by atoms with Crippen LogP contribution >= 0.6 is 0 Å². The highest BCUT2D eigenvalue weighted by atomic mass is 15.1. The van der Waals surface area contributed by atoms with Crippen molar-refractivity contribution in [1.29, 1.82) is 0 Å². The Morgan fingerprint density at radius 3 is 2.53 bits per heavy atom. The smallest absolute Gasteiger partial charge is 0.0909 e. The fourth-order valence-corrected chi connectivity index (χ4v) is 1.56. The van der Waals surface area contributed by atoms with Gasteiger partial charge in [0.15, 0.2) is 0 Å². The SMILES string of the molecule is C/C=C\c1cc(C)c(N=CN(C)CC)cc1C. The minimum atomic E-state index is 0.970. The van der Waals surface area contributed by atoms with Crippen LogP contribution < -0.4 is 0 Å². The summed E-state index contributed by atoms with van der Waals surface area (Å²) in [6.45, 7) is 9.34. The number of benzene rings is 1. The van der Waals surface area contributed by atoms with Crippen LogP contribution in [0.5, 0.6) is 0 Å². The van der Waals surface area contributed by atoms with Gasteiger partial charge >= 0.3 is 0 Å². The fourth-order valence-electron chi connectivity index (χ4n) is 1.56. The number of aryl methyl sites for hydroxylation is 2. The first-order valence-electron chi connectivity index (χ1n) is 6.06. The Morgan fingerprint density at radius 1 is 1.24 bits per heavy atom. The van der Waals surface area contributed by atoms with Crippen molar-refractivity contribution < 1.29 is 0 Å². The van der Waals surface area contributed by atoms with E-state index in [0.717, 1.165) is 12.2 Å². The monoisotopic (exact) mass is 230 g/mol. The minimum Gasteiger partial charge on any atom is -0.366 e. The molecule has 0 spiro atoms. The van der Waals surface area contributed by atoms with Crippen molar-refractivity contribution in [3.05, 3.63) is 34.9 Å². The predicted molar refractivity (Wildman–Crippen MR) is 77.1 cm³/mol. The standard InChI is InChI=1S/C15H22N2/c1-6-8-14-9-13(4)15(10-12(14)3)16-11-17(5)7-2/h6,8-11H,7H2,1-5H3/b8-6-,16-11?. The van der Waals surface area contributed by atoms with E-state index in [1.54, 1.807) is 0 Å². The Labute approximate surface area is 105 Å². The van der Waals surface area contributed by atoms with Crippen LogP contribution in [0.3, 0.4) is 0 Å². The third-order valence-electron chi connectivity index (χ3n) is 2.82. The molecule has 0 aliphatic carbocycles. The molecule has 0 saturated heterocycles. The van der Waals surface area contributed by atoms with Crippen LogP contribution in [0.1, 0.15) is 30.5 Å². The number of allylic oxidation sites excluding steroid dienone is 1. The molecule has 2 nitrogen and oxygen atoms in total. The Morgan fingerprint density at radius 2 is 1.94 bits per heavy atom. The first kappa shape index (κ1) is 13.5. The van der Waals surface area contributed by atoms with Gasteiger partial charge in [0, 0.05) is 13.6 Å². The summed E-state index contributed by atoms with van der Waals surface area (Å²) in [7, 11) is 2.03. The molecule has 17 heavy (non-hydrogen) atoms. The van der Waals surface area contributed by atoms with Gasteiger partial charge in [-0.1, -0.05) is 12.2 Å². The number of hydrogen-bond donors (Lipinski definition) is 0. The first-order chi connectivity index (χ1) is 8.08. The summed E-state index contributed by atoms with van der Waals surface area (Å²) in [4.78, 5) is 6.58. The Balaban J connectivity index is 3.03. The molecule has 0 aliphatic heterocycles. The van der Waals surface area contributed by atoms with Crippen LogP contribution in [0.4, 0.5) is 5.69 Å². The Bertz CT molecular complexity index is 431. The van der Waals surface area contributed by atoms with Gasteiger partial charge in [0.1, 0.15) is 0 Å². The second-order valence-corrected chi connectivity index (χ2v) is 4.31. The summed E-state index contributed by atoms with van der Waals surface area (Å²) in [6, 6.07) is 4.33. The summed E-state index contributed by atoms with van der Waals surface area (Å²) in [5.41, 5.74) is 4.80. The van der Waals surface area contributed by atoms with Gasteiger partial charge in [0.25, 0.3) is 0 Å². The van der Waals surface area contributed by atoms with Gasteiger partial charge in [-0.05, 0) is 56.5 Å². The first-order valence-corrected chi connectivity index (χ1v) is 6.06. The molecule has 1 aromatic rings. The Kier molecular flexibility index (Phi) is 4.95. The lowest BCUT2D eigenvalue weighted by Gasteiger charge is -2.10. The molecule has 0 radical (unpaired) electrons. The van der Waals surface area contributed by atoms with Crippen molar-refractivity contribution in [2.24, 2.45) is 4.99 Å². The lowest BCUT2D eigenvalue weighted by atomic mass is 10.0. The quantitative estimate of drug-likeness (QED) is 0.565. The van der Waals surface area contributed by atoms with E-state index in [-0.39, 0.29) is 0 Å². The minimum absolute atomic E-state index is 0.970. The molecule has 0 N–H and O–H groups in total. The Hall–Kier alpha value is -1.57. The number of nitrogens with zero attached hydrogens (tertiary/aromatic N) is 2. The average molecular weight is 230 g/mol. The maximum Gasteiger partial charge on any atom is 0.0909 e. The molecular formula is C15H22N2. The number of rotatable bonds is 4. The van der Waals surface area contributed by atoms with Gasteiger partial charge in [0.2, 0.25) is 0 Å². The van der Waals surface area contributed by atoms with Crippen LogP contribution in [-0.4, -0.2) is 24.8 Å². The highest BCUT2D eigenvalue weighted by molar-refractivity contribution is 5.66. The van der Waals surface area contributed by atoms with Crippen LogP contribution in [0.25, 0.3) is 6.08 Å². The largest absolute Gasteiger partial charge is 0.366 e. The topological polar surface area (TPSA) is 15.6 Å². The molecule has 1 rings (SSSR count). The predicted octanol–water partition coefficient (Wildman–Crippen LogP) is 3.95. The molecule has 0 fully saturated rings. The van der Waals surface area contributed by atoms with E-state index in [1.807, 2.05) is 20.3 Å². The highest BCUT2D eigenvalue weighted by Crippen LogP contribution is 2.23. The highest BCUT2D eigenvalue weighted by Gasteiger charge is 2.01. The zero-order chi connectivity index (χ0) is 12.8. The lowest BCUT2D eigenvalue weighted by molar-refractivity contribution is 0.552. The van der Waals surface area contributed by atoms with Crippen LogP contribution in [-0.2, 0) is 0 Å². The molecule has 0 unspecified atom stereocenters. The zero-order valence-corrected chi connectivity index (χ0v) is 11.5. The molecular weight excluding hydrogens is 208 g/mol. The van der Waals surface area contributed by atoms with Gasteiger partial charge in [-0.15, -0.1) is 0 Å². The van der Waals surface area contributed by atoms with E-state index in [9.17, 15) is 0 Å². The second kappa shape index (κ2) is 6.24. The lowest BCUT2D eigenvalue weighted by Crippen LogP contribution is -2.14. The van der Waals surface area contributed by atoms with Crippen LogP contribution in [0.15, 0.2) is 23.2 Å². The molecule has 0 aliphatic rings. The maximum absolute atomic E-state index is 4.52. The van der Waals surface area contributed by atoms with Gasteiger partial charge in [-0.2, -0.15) is 0 Å².